The maximum atomic E-state index is 12.9. The molecule has 1 aromatic rings. The summed E-state index contributed by atoms with van der Waals surface area (Å²) in [7, 11) is 0. The first kappa shape index (κ1) is 13.7. The maximum Gasteiger partial charge on any atom is 0.339 e. The van der Waals surface area contributed by atoms with Gasteiger partial charge in [-0.15, -0.1) is 0 Å². The van der Waals surface area contributed by atoms with Crippen LogP contribution in [0.15, 0.2) is 12.3 Å². The van der Waals surface area contributed by atoms with E-state index in [2.05, 4.69) is 10.3 Å². The lowest BCUT2D eigenvalue weighted by Gasteiger charge is -2.12. The molecule has 0 unspecified atom stereocenters. The van der Waals surface area contributed by atoms with Gasteiger partial charge in [-0.1, -0.05) is 12.8 Å². The summed E-state index contributed by atoms with van der Waals surface area (Å²) in [4.78, 5) is 14.7. The number of hydrogen-bond donors (Lipinski definition) is 2. The lowest BCUT2D eigenvalue weighted by molar-refractivity contribution is 0.0655. The highest BCUT2D eigenvalue weighted by Crippen LogP contribution is 2.20. The van der Waals surface area contributed by atoms with Gasteiger partial charge in [-0.05, 0) is 18.9 Å². The number of nitrogens with zero attached hydrogens (tertiary/aromatic N) is 1. The van der Waals surface area contributed by atoms with Gasteiger partial charge in [0.05, 0.1) is 18.9 Å². The van der Waals surface area contributed by atoms with E-state index in [1.807, 2.05) is 0 Å². The van der Waals surface area contributed by atoms with Gasteiger partial charge in [0.2, 0.25) is 0 Å². The molecule has 104 valence electrons. The van der Waals surface area contributed by atoms with Crippen LogP contribution in [0.2, 0.25) is 0 Å². The van der Waals surface area contributed by atoms with E-state index in [1.165, 1.54) is 12.8 Å². The van der Waals surface area contributed by atoms with E-state index >= 15 is 0 Å². The molecular formula is C13H17FN2O3. The number of aromatic carboxylic acids is 1. The highest BCUT2D eigenvalue weighted by Gasteiger charge is 2.15. The minimum atomic E-state index is -1.20. The number of carboxylic acid groups (broad SMARTS) is 1. The number of aromatic nitrogens is 1. The van der Waals surface area contributed by atoms with Gasteiger partial charge in [-0.3, -0.25) is 0 Å². The van der Waals surface area contributed by atoms with Crippen LogP contribution in [0, 0.1) is 5.82 Å². The van der Waals surface area contributed by atoms with Gasteiger partial charge in [-0.2, -0.15) is 0 Å². The van der Waals surface area contributed by atoms with Crippen LogP contribution >= 0.6 is 0 Å². The summed E-state index contributed by atoms with van der Waals surface area (Å²) >= 11 is 0. The Morgan fingerprint density at radius 3 is 2.95 bits per heavy atom. The van der Waals surface area contributed by atoms with Crippen LogP contribution in [0.1, 0.15) is 36.0 Å². The van der Waals surface area contributed by atoms with Crippen molar-refractivity contribution in [3.8, 4) is 0 Å². The van der Waals surface area contributed by atoms with Crippen molar-refractivity contribution in [1.29, 1.82) is 0 Å². The standard InChI is InChI=1S/C13H17FN2O3/c14-9-7-11(13(17)18)12(16-8-9)15-5-6-19-10-3-1-2-4-10/h7-8,10H,1-6H2,(H,15,16)(H,17,18). The van der Waals surface area contributed by atoms with Crippen molar-refractivity contribution in [2.45, 2.75) is 31.8 Å². The van der Waals surface area contributed by atoms with Crippen molar-refractivity contribution < 1.29 is 19.0 Å². The topological polar surface area (TPSA) is 71.5 Å². The van der Waals surface area contributed by atoms with Gasteiger partial charge in [0.15, 0.2) is 0 Å². The lowest BCUT2D eigenvalue weighted by Crippen LogP contribution is -2.17. The Morgan fingerprint density at radius 2 is 2.26 bits per heavy atom. The molecular weight excluding hydrogens is 251 g/mol. The monoisotopic (exact) mass is 268 g/mol. The molecule has 6 heteroatoms. The molecule has 0 amide bonds. The Labute approximate surface area is 110 Å². The van der Waals surface area contributed by atoms with Crippen LogP contribution in [-0.2, 0) is 4.74 Å². The minimum absolute atomic E-state index is 0.166. The third-order valence-corrected chi connectivity index (χ3v) is 3.13. The summed E-state index contributed by atoms with van der Waals surface area (Å²) in [5.41, 5.74) is -0.166. The van der Waals surface area contributed by atoms with E-state index in [4.69, 9.17) is 9.84 Å². The Balaban J connectivity index is 1.83. The predicted octanol–water partition coefficient (Wildman–Crippen LogP) is 2.29. The number of nitrogens with one attached hydrogen (secondary N) is 1. The minimum Gasteiger partial charge on any atom is -0.478 e. The Bertz CT molecular complexity index is 448. The van der Waals surface area contributed by atoms with Gasteiger partial charge in [0.1, 0.15) is 17.2 Å². The molecule has 2 rings (SSSR count). The quantitative estimate of drug-likeness (QED) is 0.774. The average molecular weight is 268 g/mol. The largest absolute Gasteiger partial charge is 0.478 e. The number of hydrogen-bond acceptors (Lipinski definition) is 4. The van der Waals surface area contributed by atoms with Gasteiger partial charge in [0, 0.05) is 6.54 Å². The van der Waals surface area contributed by atoms with E-state index in [1.54, 1.807) is 0 Å². The smallest absolute Gasteiger partial charge is 0.339 e. The van der Waals surface area contributed by atoms with E-state index in [0.717, 1.165) is 25.1 Å². The SMILES string of the molecule is O=C(O)c1cc(F)cnc1NCCOC1CCCC1. The zero-order chi connectivity index (χ0) is 13.7. The number of pyridine rings is 1. The van der Waals surface area contributed by atoms with Crippen molar-refractivity contribution in [3.05, 3.63) is 23.6 Å². The van der Waals surface area contributed by atoms with Crippen LogP contribution in [-0.4, -0.2) is 35.3 Å². The van der Waals surface area contributed by atoms with Crippen LogP contribution in [0.4, 0.5) is 10.2 Å². The number of rotatable bonds is 6. The number of carboxylic acids is 1. The Hall–Kier alpha value is -1.69. The summed E-state index contributed by atoms with van der Waals surface area (Å²) in [6.07, 6.45) is 5.92. The van der Waals surface area contributed by atoms with E-state index in [0.29, 0.717) is 19.3 Å². The van der Waals surface area contributed by atoms with Crippen LogP contribution in [0.25, 0.3) is 0 Å². The Morgan fingerprint density at radius 1 is 1.53 bits per heavy atom. The normalized spacial score (nSPS) is 15.6. The third kappa shape index (κ3) is 3.89. The molecule has 2 N–H and O–H groups in total. The second kappa shape index (κ2) is 6.47. The molecule has 1 heterocycles. The lowest BCUT2D eigenvalue weighted by atomic mass is 10.2. The highest BCUT2D eigenvalue weighted by molar-refractivity contribution is 5.93. The predicted molar refractivity (Wildman–Crippen MR) is 67.9 cm³/mol. The molecule has 0 aliphatic heterocycles. The van der Waals surface area contributed by atoms with E-state index in [9.17, 15) is 9.18 Å². The molecule has 1 aliphatic rings. The van der Waals surface area contributed by atoms with Crippen LogP contribution < -0.4 is 5.32 Å². The first-order valence-corrected chi connectivity index (χ1v) is 6.41. The van der Waals surface area contributed by atoms with Gasteiger partial charge in [-0.25, -0.2) is 14.2 Å². The number of anilines is 1. The average Bonchev–Trinajstić information content (AvgIpc) is 2.89. The summed E-state index contributed by atoms with van der Waals surface area (Å²) in [6, 6.07) is 0.954. The fraction of sp³-hybridized carbons (Fsp3) is 0.538. The molecule has 0 spiro atoms. The second-order valence-corrected chi connectivity index (χ2v) is 4.56. The molecule has 5 nitrogen and oxygen atoms in total. The molecule has 1 fully saturated rings. The van der Waals surface area contributed by atoms with E-state index < -0.39 is 11.8 Å². The van der Waals surface area contributed by atoms with Gasteiger partial charge >= 0.3 is 5.97 Å². The molecule has 1 saturated carbocycles. The van der Waals surface area contributed by atoms with Gasteiger partial charge < -0.3 is 15.2 Å². The number of carbonyl (C=O) groups is 1. The molecule has 19 heavy (non-hydrogen) atoms. The van der Waals surface area contributed by atoms with Crippen molar-refractivity contribution in [3.63, 3.8) is 0 Å². The van der Waals surface area contributed by atoms with Crippen LogP contribution in [0.3, 0.4) is 0 Å². The van der Waals surface area contributed by atoms with Crippen molar-refractivity contribution in [2.75, 3.05) is 18.5 Å². The molecule has 0 saturated heterocycles. The Kier molecular flexibility index (Phi) is 4.68. The summed E-state index contributed by atoms with van der Waals surface area (Å²) in [5, 5.41) is 11.8. The van der Waals surface area contributed by atoms with Crippen molar-refractivity contribution >= 4 is 11.8 Å². The fourth-order valence-electron chi connectivity index (χ4n) is 2.19. The van der Waals surface area contributed by atoms with Crippen molar-refractivity contribution in [2.24, 2.45) is 0 Å². The summed E-state index contributed by atoms with van der Waals surface area (Å²) in [5.74, 6) is -1.69. The third-order valence-electron chi connectivity index (χ3n) is 3.13. The zero-order valence-electron chi connectivity index (χ0n) is 10.6. The molecule has 0 bridgehead atoms. The first-order chi connectivity index (χ1) is 9.16. The van der Waals surface area contributed by atoms with E-state index in [-0.39, 0.29) is 11.4 Å². The summed E-state index contributed by atoms with van der Waals surface area (Å²) < 4.78 is 18.6. The molecule has 0 atom stereocenters. The first-order valence-electron chi connectivity index (χ1n) is 6.41. The van der Waals surface area contributed by atoms with Crippen molar-refractivity contribution in [1.82, 2.24) is 4.98 Å². The van der Waals surface area contributed by atoms with Gasteiger partial charge in [0.25, 0.3) is 0 Å². The number of halogens is 1. The molecule has 0 radical (unpaired) electrons. The number of ether oxygens (including phenoxy) is 1. The van der Waals surface area contributed by atoms with Crippen LogP contribution in [0.5, 0.6) is 0 Å². The fourth-order valence-corrected chi connectivity index (χ4v) is 2.19. The second-order valence-electron chi connectivity index (χ2n) is 4.56. The molecule has 1 aromatic heterocycles. The zero-order valence-corrected chi connectivity index (χ0v) is 10.6. The molecule has 0 aromatic carbocycles. The summed E-state index contributed by atoms with van der Waals surface area (Å²) in [6.45, 7) is 0.943. The highest BCUT2D eigenvalue weighted by atomic mass is 19.1. The molecule has 1 aliphatic carbocycles. The maximum absolute atomic E-state index is 12.9.